The van der Waals surface area contributed by atoms with E-state index in [4.69, 9.17) is 11.7 Å². The summed E-state index contributed by atoms with van der Waals surface area (Å²) < 4.78 is 12.9. The molecule has 0 radical (unpaired) electrons. The van der Waals surface area contributed by atoms with Crippen LogP contribution in [-0.4, -0.2) is 6.04 Å². The third-order valence-corrected chi connectivity index (χ3v) is 1.72. The SMILES string of the molecule is C#CC(C)Nc1ccc(F)c(C#N)c1. The number of nitriles is 1. The molecule has 0 aliphatic heterocycles. The third-order valence-electron chi connectivity index (χ3n) is 1.72. The van der Waals surface area contributed by atoms with Gasteiger partial charge in [-0.2, -0.15) is 5.26 Å². The molecule has 0 aliphatic carbocycles. The van der Waals surface area contributed by atoms with E-state index in [9.17, 15) is 4.39 Å². The van der Waals surface area contributed by atoms with Crippen LogP contribution in [-0.2, 0) is 0 Å². The Morgan fingerprint density at radius 1 is 1.57 bits per heavy atom. The summed E-state index contributed by atoms with van der Waals surface area (Å²) in [6.45, 7) is 1.80. The van der Waals surface area contributed by atoms with Crippen molar-refractivity contribution in [2.24, 2.45) is 0 Å². The number of hydrogen-bond acceptors (Lipinski definition) is 2. The van der Waals surface area contributed by atoms with Crippen LogP contribution in [0.25, 0.3) is 0 Å². The van der Waals surface area contributed by atoms with E-state index < -0.39 is 5.82 Å². The van der Waals surface area contributed by atoms with Crippen LogP contribution in [0.3, 0.4) is 0 Å². The number of halogens is 1. The van der Waals surface area contributed by atoms with Crippen LogP contribution >= 0.6 is 0 Å². The quantitative estimate of drug-likeness (QED) is 0.721. The highest BCUT2D eigenvalue weighted by Crippen LogP contribution is 2.14. The molecule has 0 saturated carbocycles. The van der Waals surface area contributed by atoms with Gasteiger partial charge in [-0.3, -0.25) is 0 Å². The molecule has 1 aromatic rings. The molecule has 1 aromatic carbocycles. The molecule has 1 N–H and O–H groups in total. The maximum absolute atomic E-state index is 12.9. The summed E-state index contributed by atoms with van der Waals surface area (Å²) in [6.07, 6.45) is 5.17. The molecule has 14 heavy (non-hydrogen) atoms. The number of nitrogens with one attached hydrogen (secondary N) is 1. The zero-order valence-corrected chi connectivity index (χ0v) is 7.71. The lowest BCUT2D eigenvalue weighted by Gasteiger charge is -2.09. The average molecular weight is 188 g/mol. The Bertz CT molecular complexity index is 412. The minimum absolute atomic E-state index is 0.0132. The molecular weight excluding hydrogens is 179 g/mol. The van der Waals surface area contributed by atoms with Gasteiger partial charge in [-0.05, 0) is 25.1 Å². The number of anilines is 1. The average Bonchev–Trinajstić information content (AvgIpc) is 2.20. The first-order chi connectivity index (χ1) is 6.67. The van der Waals surface area contributed by atoms with Gasteiger partial charge in [-0.15, -0.1) is 6.42 Å². The van der Waals surface area contributed by atoms with Crippen molar-refractivity contribution in [2.45, 2.75) is 13.0 Å². The van der Waals surface area contributed by atoms with E-state index in [1.807, 2.05) is 0 Å². The summed E-state index contributed by atoms with van der Waals surface area (Å²) in [5.41, 5.74) is 0.660. The second kappa shape index (κ2) is 4.30. The van der Waals surface area contributed by atoms with Crippen LogP contribution < -0.4 is 5.32 Å². The lowest BCUT2D eigenvalue weighted by Crippen LogP contribution is -2.12. The number of hydrogen-bond donors (Lipinski definition) is 1. The smallest absolute Gasteiger partial charge is 0.141 e. The number of nitrogens with zero attached hydrogens (tertiary/aromatic N) is 1. The summed E-state index contributed by atoms with van der Waals surface area (Å²) >= 11 is 0. The second-order valence-electron chi connectivity index (χ2n) is 2.84. The van der Waals surface area contributed by atoms with Crippen molar-refractivity contribution < 1.29 is 4.39 Å². The molecule has 1 unspecified atom stereocenters. The fraction of sp³-hybridized carbons (Fsp3) is 0.182. The summed E-state index contributed by atoms with van der Waals surface area (Å²) in [4.78, 5) is 0. The molecule has 0 spiro atoms. The normalized spacial score (nSPS) is 11.1. The van der Waals surface area contributed by atoms with Crippen LogP contribution in [0, 0.1) is 29.5 Å². The Balaban J connectivity index is 2.92. The van der Waals surface area contributed by atoms with Crippen molar-refractivity contribution in [3.63, 3.8) is 0 Å². The van der Waals surface area contributed by atoms with Gasteiger partial charge in [0.2, 0.25) is 0 Å². The summed E-state index contributed by atoms with van der Waals surface area (Å²) in [5.74, 6) is 1.96. The Morgan fingerprint density at radius 2 is 2.29 bits per heavy atom. The van der Waals surface area contributed by atoms with Gasteiger partial charge in [0.1, 0.15) is 11.9 Å². The van der Waals surface area contributed by atoms with E-state index in [1.54, 1.807) is 19.1 Å². The monoisotopic (exact) mass is 188 g/mol. The van der Waals surface area contributed by atoms with Gasteiger partial charge in [0, 0.05) is 5.69 Å². The summed E-state index contributed by atoms with van der Waals surface area (Å²) in [6, 6.07) is 5.83. The Kier molecular flexibility index (Phi) is 3.09. The van der Waals surface area contributed by atoms with E-state index >= 15 is 0 Å². The standard InChI is InChI=1S/C11H9FN2/c1-3-8(2)14-10-4-5-11(12)9(6-10)7-13/h1,4-6,8,14H,2H3. The van der Waals surface area contributed by atoms with Gasteiger partial charge in [0.15, 0.2) is 0 Å². The highest BCUT2D eigenvalue weighted by molar-refractivity contribution is 5.51. The largest absolute Gasteiger partial charge is 0.372 e. The highest BCUT2D eigenvalue weighted by atomic mass is 19.1. The van der Waals surface area contributed by atoms with Crippen LogP contribution in [0.1, 0.15) is 12.5 Å². The molecule has 0 amide bonds. The second-order valence-corrected chi connectivity index (χ2v) is 2.84. The third kappa shape index (κ3) is 2.24. The molecule has 0 fully saturated rings. The molecule has 0 aliphatic rings. The molecule has 0 heterocycles. The first kappa shape index (κ1) is 10.1. The molecule has 0 bridgehead atoms. The van der Waals surface area contributed by atoms with E-state index in [-0.39, 0.29) is 11.6 Å². The molecule has 70 valence electrons. The summed E-state index contributed by atoms with van der Waals surface area (Å²) in [7, 11) is 0. The summed E-state index contributed by atoms with van der Waals surface area (Å²) in [5, 5.41) is 11.5. The fourth-order valence-electron chi connectivity index (χ4n) is 0.992. The van der Waals surface area contributed by atoms with E-state index in [2.05, 4.69) is 11.2 Å². The van der Waals surface area contributed by atoms with Crippen LogP contribution in [0.4, 0.5) is 10.1 Å². The van der Waals surface area contributed by atoms with Crippen molar-refractivity contribution in [3.05, 3.63) is 29.6 Å². The number of terminal acetylenes is 1. The fourth-order valence-corrected chi connectivity index (χ4v) is 0.992. The predicted molar refractivity (Wildman–Crippen MR) is 53.0 cm³/mol. The molecule has 0 aromatic heterocycles. The van der Waals surface area contributed by atoms with Crippen LogP contribution in [0.5, 0.6) is 0 Å². The van der Waals surface area contributed by atoms with Crippen LogP contribution in [0.15, 0.2) is 18.2 Å². The van der Waals surface area contributed by atoms with Crippen molar-refractivity contribution >= 4 is 5.69 Å². The minimum atomic E-state index is -0.522. The molecule has 1 rings (SSSR count). The lowest BCUT2D eigenvalue weighted by atomic mass is 10.2. The number of rotatable bonds is 2. The Morgan fingerprint density at radius 3 is 2.86 bits per heavy atom. The number of benzene rings is 1. The zero-order chi connectivity index (χ0) is 10.6. The lowest BCUT2D eigenvalue weighted by molar-refractivity contribution is 0.624. The molecule has 0 saturated heterocycles. The molecule has 1 atom stereocenters. The first-order valence-electron chi connectivity index (χ1n) is 4.09. The Labute approximate surface area is 82.4 Å². The zero-order valence-electron chi connectivity index (χ0n) is 7.71. The van der Waals surface area contributed by atoms with Gasteiger partial charge >= 0.3 is 0 Å². The Hall–Kier alpha value is -2.00. The van der Waals surface area contributed by atoms with Gasteiger partial charge in [0.05, 0.1) is 11.6 Å². The minimum Gasteiger partial charge on any atom is -0.372 e. The maximum atomic E-state index is 12.9. The molecule has 2 nitrogen and oxygen atoms in total. The molecular formula is C11H9FN2. The highest BCUT2D eigenvalue weighted by Gasteiger charge is 2.03. The topological polar surface area (TPSA) is 35.8 Å². The van der Waals surface area contributed by atoms with Crippen molar-refractivity contribution in [3.8, 4) is 18.4 Å². The van der Waals surface area contributed by atoms with E-state index in [0.717, 1.165) is 0 Å². The first-order valence-corrected chi connectivity index (χ1v) is 4.09. The van der Waals surface area contributed by atoms with Crippen molar-refractivity contribution in [1.82, 2.24) is 0 Å². The van der Waals surface area contributed by atoms with Crippen molar-refractivity contribution in [1.29, 1.82) is 5.26 Å². The predicted octanol–water partition coefficient (Wildman–Crippen LogP) is 2.13. The molecule has 3 heteroatoms. The van der Waals surface area contributed by atoms with Crippen molar-refractivity contribution in [2.75, 3.05) is 5.32 Å². The van der Waals surface area contributed by atoms with Gasteiger partial charge in [-0.25, -0.2) is 4.39 Å². The maximum Gasteiger partial charge on any atom is 0.141 e. The van der Waals surface area contributed by atoms with Gasteiger partial charge in [0.25, 0.3) is 0 Å². The van der Waals surface area contributed by atoms with Crippen LogP contribution in [0.2, 0.25) is 0 Å². The van der Waals surface area contributed by atoms with Gasteiger partial charge in [-0.1, -0.05) is 5.92 Å². The van der Waals surface area contributed by atoms with E-state index in [1.165, 1.54) is 12.1 Å². The van der Waals surface area contributed by atoms with Gasteiger partial charge < -0.3 is 5.32 Å². The van der Waals surface area contributed by atoms with E-state index in [0.29, 0.717) is 5.69 Å².